The average molecular weight is 194 g/mol. The average Bonchev–Trinajstić information content (AvgIpc) is 2.16. The molecule has 5 heteroatoms. The Morgan fingerprint density at radius 3 is 2.57 bits per heavy atom. The Balaban J connectivity index is 2.58. The topological polar surface area (TPSA) is 92.4 Å². The zero-order chi connectivity index (χ0) is 10.6. The molecular formula is C9H10N2O3. The number of hydrogen-bond donors (Lipinski definition) is 3. The van der Waals surface area contributed by atoms with Gasteiger partial charge in [0, 0.05) is 12.1 Å². The molecule has 0 heterocycles. The van der Waals surface area contributed by atoms with E-state index >= 15 is 0 Å². The van der Waals surface area contributed by atoms with Crippen molar-refractivity contribution in [2.24, 2.45) is 5.73 Å². The number of nitrogens with two attached hydrogens (primary N) is 1. The van der Waals surface area contributed by atoms with Gasteiger partial charge >= 0.3 is 11.8 Å². The van der Waals surface area contributed by atoms with Crippen molar-refractivity contribution in [3.8, 4) is 5.75 Å². The Morgan fingerprint density at radius 2 is 2.00 bits per heavy atom. The summed E-state index contributed by atoms with van der Waals surface area (Å²) in [7, 11) is 0. The lowest BCUT2D eigenvalue weighted by atomic mass is 10.2. The molecule has 0 saturated carbocycles. The highest BCUT2D eigenvalue weighted by Gasteiger charge is 2.08. The number of carbonyl (C=O) groups is 2. The van der Waals surface area contributed by atoms with Crippen molar-refractivity contribution < 1.29 is 14.7 Å². The minimum Gasteiger partial charge on any atom is -0.508 e. The molecule has 5 nitrogen and oxygen atoms in total. The van der Waals surface area contributed by atoms with Crippen LogP contribution in [0.15, 0.2) is 24.3 Å². The van der Waals surface area contributed by atoms with Crippen LogP contribution in [-0.4, -0.2) is 16.9 Å². The van der Waals surface area contributed by atoms with E-state index in [1.165, 1.54) is 6.07 Å². The maximum absolute atomic E-state index is 10.8. The first kappa shape index (κ1) is 10.0. The lowest BCUT2D eigenvalue weighted by molar-refractivity contribution is -0.137. The van der Waals surface area contributed by atoms with Crippen LogP contribution in [0.4, 0.5) is 0 Å². The quantitative estimate of drug-likeness (QED) is 0.554. The number of phenolic OH excluding ortho intramolecular Hbond substituents is 1. The van der Waals surface area contributed by atoms with Crippen LogP contribution in [0, 0.1) is 0 Å². The highest BCUT2D eigenvalue weighted by molar-refractivity contribution is 6.34. The molecule has 0 radical (unpaired) electrons. The van der Waals surface area contributed by atoms with Crippen molar-refractivity contribution >= 4 is 11.8 Å². The van der Waals surface area contributed by atoms with Crippen LogP contribution < -0.4 is 11.1 Å². The van der Waals surface area contributed by atoms with Gasteiger partial charge in [-0.15, -0.1) is 0 Å². The lowest BCUT2D eigenvalue weighted by Gasteiger charge is -2.04. The summed E-state index contributed by atoms with van der Waals surface area (Å²) in [5, 5.41) is 11.6. The van der Waals surface area contributed by atoms with E-state index < -0.39 is 11.8 Å². The van der Waals surface area contributed by atoms with E-state index in [1.54, 1.807) is 18.2 Å². The molecule has 0 aliphatic rings. The largest absolute Gasteiger partial charge is 0.508 e. The molecule has 0 aliphatic heterocycles. The fourth-order valence-electron chi connectivity index (χ4n) is 0.923. The van der Waals surface area contributed by atoms with Gasteiger partial charge in [-0.2, -0.15) is 0 Å². The number of hydrogen-bond acceptors (Lipinski definition) is 3. The first-order valence-electron chi connectivity index (χ1n) is 3.95. The standard InChI is InChI=1S/C9H10N2O3/c10-8(13)9(14)11-5-6-3-1-2-4-7(6)12/h1-4,12H,5H2,(H2,10,13)(H,11,14). The molecule has 1 rings (SSSR count). The number of benzene rings is 1. The monoisotopic (exact) mass is 194 g/mol. The molecule has 0 saturated heterocycles. The zero-order valence-electron chi connectivity index (χ0n) is 7.36. The van der Waals surface area contributed by atoms with Gasteiger partial charge in [-0.3, -0.25) is 9.59 Å². The van der Waals surface area contributed by atoms with Crippen molar-refractivity contribution in [1.82, 2.24) is 5.32 Å². The molecule has 0 atom stereocenters. The second-order valence-electron chi connectivity index (χ2n) is 2.68. The normalized spacial score (nSPS) is 9.43. The molecule has 1 aromatic carbocycles. The second-order valence-corrected chi connectivity index (χ2v) is 2.68. The Bertz CT molecular complexity index is 363. The number of primary amides is 1. The van der Waals surface area contributed by atoms with Gasteiger partial charge in [-0.25, -0.2) is 0 Å². The molecular weight excluding hydrogens is 184 g/mol. The molecule has 1 aromatic rings. The predicted octanol–water partition coefficient (Wildman–Crippen LogP) is -0.506. The Morgan fingerprint density at radius 1 is 1.36 bits per heavy atom. The third kappa shape index (κ3) is 2.48. The first-order valence-corrected chi connectivity index (χ1v) is 3.95. The van der Waals surface area contributed by atoms with E-state index in [0.29, 0.717) is 5.56 Å². The SMILES string of the molecule is NC(=O)C(=O)NCc1ccccc1O. The zero-order valence-corrected chi connectivity index (χ0v) is 7.36. The van der Waals surface area contributed by atoms with Crippen molar-refractivity contribution in [2.45, 2.75) is 6.54 Å². The van der Waals surface area contributed by atoms with E-state index in [9.17, 15) is 14.7 Å². The van der Waals surface area contributed by atoms with Crippen molar-refractivity contribution in [3.63, 3.8) is 0 Å². The number of rotatable bonds is 2. The van der Waals surface area contributed by atoms with Crippen LogP contribution in [0.25, 0.3) is 0 Å². The van der Waals surface area contributed by atoms with Crippen molar-refractivity contribution in [1.29, 1.82) is 0 Å². The Hall–Kier alpha value is -2.04. The van der Waals surface area contributed by atoms with Crippen LogP contribution in [-0.2, 0) is 16.1 Å². The summed E-state index contributed by atoms with van der Waals surface area (Å²) in [5.74, 6) is -1.84. The minimum absolute atomic E-state index is 0.0669. The first-order chi connectivity index (χ1) is 6.61. The van der Waals surface area contributed by atoms with Crippen molar-refractivity contribution in [2.75, 3.05) is 0 Å². The summed E-state index contributed by atoms with van der Waals surface area (Å²) in [6.07, 6.45) is 0. The summed E-state index contributed by atoms with van der Waals surface area (Å²) in [4.78, 5) is 21.1. The van der Waals surface area contributed by atoms with Gasteiger partial charge in [0.1, 0.15) is 5.75 Å². The molecule has 0 fully saturated rings. The van der Waals surface area contributed by atoms with E-state index in [1.807, 2.05) is 0 Å². The van der Waals surface area contributed by atoms with Gasteiger partial charge < -0.3 is 16.2 Å². The van der Waals surface area contributed by atoms with Crippen LogP contribution in [0.2, 0.25) is 0 Å². The predicted molar refractivity (Wildman–Crippen MR) is 49.1 cm³/mol. The van der Waals surface area contributed by atoms with E-state index in [4.69, 9.17) is 5.73 Å². The third-order valence-corrected chi connectivity index (χ3v) is 1.65. The van der Waals surface area contributed by atoms with E-state index in [-0.39, 0.29) is 12.3 Å². The van der Waals surface area contributed by atoms with Gasteiger partial charge in [0.05, 0.1) is 0 Å². The highest BCUT2D eigenvalue weighted by atomic mass is 16.3. The fourth-order valence-corrected chi connectivity index (χ4v) is 0.923. The Labute approximate surface area is 80.5 Å². The third-order valence-electron chi connectivity index (χ3n) is 1.65. The van der Waals surface area contributed by atoms with Gasteiger partial charge in [0.25, 0.3) is 0 Å². The van der Waals surface area contributed by atoms with Crippen LogP contribution in [0.5, 0.6) is 5.75 Å². The number of carbonyl (C=O) groups excluding carboxylic acids is 2. The molecule has 0 bridgehead atoms. The summed E-state index contributed by atoms with van der Waals surface area (Å²) in [6, 6.07) is 6.50. The smallest absolute Gasteiger partial charge is 0.309 e. The van der Waals surface area contributed by atoms with Crippen LogP contribution in [0.1, 0.15) is 5.56 Å². The summed E-state index contributed by atoms with van der Waals surface area (Å²) in [5.41, 5.74) is 5.25. The summed E-state index contributed by atoms with van der Waals surface area (Å²) >= 11 is 0. The molecule has 0 aliphatic carbocycles. The molecule has 4 N–H and O–H groups in total. The number of para-hydroxylation sites is 1. The fraction of sp³-hybridized carbons (Fsp3) is 0.111. The lowest BCUT2D eigenvalue weighted by Crippen LogP contribution is -2.35. The van der Waals surface area contributed by atoms with Gasteiger partial charge in [-0.05, 0) is 6.07 Å². The molecule has 2 amide bonds. The Kier molecular flexibility index (Phi) is 3.06. The number of nitrogens with one attached hydrogen (secondary N) is 1. The maximum atomic E-state index is 10.8. The summed E-state index contributed by atoms with van der Waals surface area (Å²) < 4.78 is 0. The maximum Gasteiger partial charge on any atom is 0.309 e. The highest BCUT2D eigenvalue weighted by Crippen LogP contribution is 2.14. The van der Waals surface area contributed by atoms with Gasteiger partial charge in [-0.1, -0.05) is 18.2 Å². The van der Waals surface area contributed by atoms with Gasteiger partial charge in [0.2, 0.25) is 0 Å². The van der Waals surface area contributed by atoms with E-state index in [2.05, 4.69) is 5.32 Å². The van der Waals surface area contributed by atoms with Crippen LogP contribution >= 0.6 is 0 Å². The summed E-state index contributed by atoms with van der Waals surface area (Å²) in [6.45, 7) is 0.0778. The number of phenols is 1. The molecule has 0 aromatic heterocycles. The second kappa shape index (κ2) is 4.27. The minimum atomic E-state index is -1.04. The van der Waals surface area contributed by atoms with Gasteiger partial charge in [0.15, 0.2) is 0 Å². The molecule has 74 valence electrons. The molecule has 0 unspecified atom stereocenters. The number of amides is 2. The molecule has 0 spiro atoms. The number of aromatic hydroxyl groups is 1. The van der Waals surface area contributed by atoms with Crippen molar-refractivity contribution in [3.05, 3.63) is 29.8 Å². The van der Waals surface area contributed by atoms with Crippen LogP contribution in [0.3, 0.4) is 0 Å². The molecule has 14 heavy (non-hydrogen) atoms. The van der Waals surface area contributed by atoms with E-state index in [0.717, 1.165) is 0 Å².